The van der Waals surface area contributed by atoms with Crippen molar-refractivity contribution < 1.29 is 38.7 Å². The van der Waals surface area contributed by atoms with Crippen LogP contribution in [-0.2, 0) is 13.1 Å². The third-order valence-electron chi connectivity index (χ3n) is 19.2. The van der Waals surface area contributed by atoms with Crippen molar-refractivity contribution in [3.8, 4) is 93.4 Å². The summed E-state index contributed by atoms with van der Waals surface area (Å²) < 4.78 is 41.4. The minimum Gasteiger partial charge on any atom is -0.497 e. The second-order valence-electron chi connectivity index (χ2n) is 30.1. The molecule has 0 unspecified atom stereocenters. The van der Waals surface area contributed by atoms with Crippen LogP contribution in [0.1, 0.15) is 106 Å². The van der Waals surface area contributed by atoms with Crippen LogP contribution in [0.3, 0.4) is 0 Å². The SMILES string of the molecule is C#Cc1cnn2cc(OCC(C)(C)O)cc(-c3ccc(C4=CCN(CCSc5ccccc5)CC4)nc3)c12.C#Cc1cnn2cc(OCC(C)(C)O)cc(-c3ccc(C4=CCN(Cc5ccc(OC)cc5)CC4)nc3)c12.C#Cc1cnn2cc(OCC(C)(C)O)cc(-c3ccc(C4=CCN(Cc5cncc(F)c5)CC4)nc3)c12. The number of methoxy groups -OCH3 is 1. The molecule has 22 heteroatoms. The van der Waals surface area contributed by atoms with Gasteiger partial charge >= 0.3 is 0 Å². The number of hydrogen-bond acceptors (Lipinski definition) is 18. The average Bonchev–Trinajstić information content (AvgIpc) is 1.69. The van der Waals surface area contributed by atoms with E-state index in [0.717, 1.165) is 156 Å². The summed E-state index contributed by atoms with van der Waals surface area (Å²) in [6.45, 7) is 18.8. The first-order valence-electron chi connectivity index (χ1n) is 37.6. The summed E-state index contributed by atoms with van der Waals surface area (Å²) in [5.41, 5.74) is 15.8. The maximum absolute atomic E-state index is 13.4. The molecule has 0 saturated heterocycles. The average molecular weight is 1530 g/mol. The third-order valence-corrected chi connectivity index (χ3v) is 20.2. The standard InChI is InChI=1S/C31H32N4O3.C31H32N4O2S.C29H28FN5O2/c1-5-23-18-33-35-20-27(38-21-31(2,3)36)16-28(30(23)35)25-8-11-29(32-17-25)24-12-14-34(15-13-24)19-22-6-9-26(37-4)10-7-22;1-4-23-20-33-35-21-26(37-22-31(2,3)36)18-28(30(23)35)25-10-11-29(32-19-25)24-12-14-34(15-13-24)16-17-38-27-8-6-5-7-9-27;1-4-21-15-33-35-18-25(37-19-29(2,3)36)12-26(28(21)35)23-5-6-27(32-14-23)22-7-9-34(10-8-22)17-20-11-24(30)16-31-13-20/h1,6-12,16-18,20,36H,13-15,19,21H2,2-4H3;1,5-12,18-21,36H,13-17,22H2,2-3H3;1,5-7,11-16,18,36H,8-10,17,19H2,2-3H3. The second kappa shape index (κ2) is 35.7. The Hall–Kier alpha value is -11.8. The number of benzene rings is 2. The molecule has 13 heterocycles. The lowest BCUT2D eigenvalue weighted by Crippen LogP contribution is -2.30. The zero-order chi connectivity index (χ0) is 79.2. The Morgan fingerprint density at radius 3 is 1.20 bits per heavy atom. The van der Waals surface area contributed by atoms with Gasteiger partial charge in [0, 0.05) is 128 Å². The molecule has 3 aliphatic rings. The molecule has 20 nitrogen and oxygen atoms in total. The fourth-order valence-corrected chi connectivity index (χ4v) is 14.4. The Balaban J connectivity index is 0.000000148. The van der Waals surface area contributed by atoms with Crippen LogP contribution in [0.2, 0.25) is 0 Å². The minimum absolute atomic E-state index is 0.138. The van der Waals surface area contributed by atoms with Gasteiger partial charge in [0.1, 0.15) is 48.6 Å². The minimum atomic E-state index is -0.968. The molecule has 0 spiro atoms. The van der Waals surface area contributed by atoms with Gasteiger partial charge in [-0.2, -0.15) is 15.3 Å². The quantitative estimate of drug-likeness (QED) is 0.0379. The predicted octanol–water partition coefficient (Wildman–Crippen LogP) is 14.6. The van der Waals surface area contributed by atoms with Crippen LogP contribution in [0, 0.1) is 42.8 Å². The number of pyridine rings is 7. The molecule has 15 rings (SSSR count). The number of hydrogen-bond donors (Lipinski definition) is 3. The first kappa shape index (κ1) is 79.3. The summed E-state index contributed by atoms with van der Waals surface area (Å²) in [7, 11) is 1.69. The van der Waals surface area contributed by atoms with Crippen molar-refractivity contribution in [1.82, 2.24) is 63.5 Å². The lowest BCUT2D eigenvalue weighted by Gasteiger charge is -2.26. The number of aliphatic hydroxyl groups is 3. The number of halogens is 1. The van der Waals surface area contributed by atoms with E-state index in [9.17, 15) is 19.7 Å². The van der Waals surface area contributed by atoms with E-state index < -0.39 is 16.8 Å². The maximum Gasteiger partial charge on any atom is 0.141 e. The molecule has 0 radical (unpaired) electrons. The lowest BCUT2D eigenvalue weighted by atomic mass is 10.0. The highest BCUT2D eigenvalue weighted by Gasteiger charge is 2.24. The number of nitrogens with zero attached hydrogens (tertiary/aromatic N) is 13. The molecule has 12 aromatic rings. The Morgan fingerprint density at radius 2 is 0.858 bits per heavy atom. The summed E-state index contributed by atoms with van der Waals surface area (Å²) in [5.74, 6) is 11.6. The van der Waals surface area contributed by atoms with Gasteiger partial charge in [-0.3, -0.25) is 34.6 Å². The summed E-state index contributed by atoms with van der Waals surface area (Å²) in [6.07, 6.45) is 45.6. The first-order valence-corrected chi connectivity index (χ1v) is 38.5. The fourth-order valence-electron chi connectivity index (χ4n) is 13.4. The van der Waals surface area contributed by atoms with Crippen LogP contribution in [-0.4, -0.2) is 174 Å². The highest BCUT2D eigenvalue weighted by atomic mass is 32.2. The van der Waals surface area contributed by atoms with Crippen LogP contribution >= 0.6 is 11.8 Å². The molecular formula is C91H92FN13O7S. The van der Waals surface area contributed by atoms with E-state index in [0.29, 0.717) is 40.5 Å². The van der Waals surface area contributed by atoms with Gasteiger partial charge in [0.15, 0.2) is 0 Å². The molecule has 3 N–H and O–H groups in total. The molecule has 0 saturated carbocycles. The van der Waals surface area contributed by atoms with Crippen LogP contribution in [0.4, 0.5) is 4.39 Å². The fraction of sp³-hybridized carbons (Fsp3) is 0.286. The maximum atomic E-state index is 13.4. The number of aromatic nitrogens is 10. The van der Waals surface area contributed by atoms with E-state index in [-0.39, 0.29) is 25.6 Å². The van der Waals surface area contributed by atoms with Crippen molar-refractivity contribution in [2.75, 3.05) is 78.5 Å². The lowest BCUT2D eigenvalue weighted by molar-refractivity contribution is 0.0280. The summed E-state index contributed by atoms with van der Waals surface area (Å²) in [5, 5.41) is 43.5. The van der Waals surface area contributed by atoms with E-state index in [4.69, 9.17) is 53.2 Å². The zero-order valence-corrected chi connectivity index (χ0v) is 65.5. The van der Waals surface area contributed by atoms with Crippen LogP contribution in [0.15, 0.2) is 207 Å². The molecule has 0 atom stereocenters. The molecule has 0 amide bonds. The van der Waals surface area contributed by atoms with Gasteiger partial charge < -0.3 is 34.3 Å². The van der Waals surface area contributed by atoms with Crippen molar-refractivity contribution in [3.05, 3.63) is 252 Å². The Morgan fingerprint density at radius 1 is 0.460 bits per heavy atom. The second-order valence-corrected chi connectivity index (χ2v) is 31.3. The van der Waals surface area contributed by atoms with Crippen molar-refractivity contribution in [3.63, 3.8) is 0 Å². The van der Waals surface area contributed by atoms with Gasteiger partial charge in [-0.05, 0) is 155 Å². The van der Waals surface area contributed by atoms with Crippen LogP contribution in [0.5, 0.6) is 23.0 Å². The first-order chi connectivity index (χ1) is 54.5. The molecule has 576 valence electrons. The largest absolute Gasteiger partial charge is 0.497 e. The summed E-state index contributed by atoms with van der Waals surface area (Å²) >= 11 is 1.91. The van der Waals surface area contributed by atoms with Crippen LogP contribution in [0.25, 0.3) is 66.7 Å². The molecule has 113 heavy (non-hydrogen) atoms. The highest BCUT2D eigenvalue weighted by molar-refractivity contribution is 7.99. The Labute approximate surface area is 663 Å². The number of fused-ring (bicyclic) bond motifs is 3. The Kier molecular flexibility index (Phi) is 25.1. The Bertz CT molecular complexity index is 5540. The normalized spacial score (nSPS) is 14.3. The summed E-state index contributed by atoms with van der Waals surface area (Å²) in [6, 6.07) is 38.4. The van der Waals surface area contributed by atoms with Gasteiger partial charge in [0.05, 0.1) is 118 Å². The highest BCUT2D eigenvalue weighted by Crippen LogP contribution is 2.37. The van der Waals surface area contributed by atoms with Gasteiger partial charge in [-0.25, -0.2) is 17.9 Å². The van der Waals surface area contributed by atoms with E-state index >= 15 is 0 Å². The molecule has 0 aliphatic carbocycles. The van der Waals surface area contributed by atoms with Crippen molar-refractivity contribution in [2.24, 2.45) is 0 Å². The number of rotatable bonds is 24. The zero-order valence-electron chi connectivity index (χ0n) is 64.7. The molecular weight excluding hydrogens is 1440 g/mol. The molecule has 10 aromatic heterocycles. The van der Waals surface area contributed by atoms with Crippen molar-refractivity contribution in [2.45, 2.75) is 95.6 Å². The third kappa shape index (κ3) is 20.9. The number of terminal acetylenes is 3. The van der Waals surface area contributed by atoms with E-state index in [1.54, 1.807) is 106 Å². The van der Waals surface area contributed by atoms with Crippen LogP contribution < -0.4 is 18.9 Å². The molecule has 2 aromatic carbocycles. The molecule has 3 aliphatic heterocycles. The van der Waals surface area contributed by atoms with Gasteiger partial charge in [0.2, 0.25) is 0 Å². The van der Waals surface area contributed by atoms with Crippen molar-refractivity contribution >= 4 is 45.0 Å². The monoisotopic (exact) mass is 1530 g/mol. The molecule has 0 fully saturated rings. The van der Waals surface area contributed by atoms with E-state index in [1.807, 2.05) is 72.8 Å². The number of thioether (sulfide) groups is 1. The van der Waals surface area contributed by atoms with E-state index in [1.165, 1.54) is 39.4 Å². The van der Waals surface area contributed by atoms with Gasteiger partial charge in [-0.1, -0.05) is 84.5 Å². The molecule has 0 bridgehead atoms. The van der Waals surface area contributed by atoms with Gasteiger partial charge in [-0.15, -0.1) is 31.0 Å². The number of ether oxygens (including phenoxy) is 4. The predicted molar refractivity (Wildman–Crippen MR) is 444 cm³/mol. The smallest absolute Gasteiger partial charge is 0.141 e. The summed E-state index contributed by atoms with van der Waals surface area (Å²) in [4.78, 5) is 26.8. The van der Waals surface area contributed by atoms with E-state index in [2.05, 4.69) is 138 Å². The van der Waals surface area contributed by atoms with Gasteiger partial charge in [0.25, 0.3) is 0 Å². The topological polar surface area (TPSA) is 211 Å². The van der Waals surface area contributed by atoms with Crippen molar-refractivity contribution in [1.29, 1.82) is 0 Å².